The van der Waals surface area contributed by atoms with Crippen molar-refractivity contribution < 1.29 is 19.3 Å². The number of anilines is 1. The van der Waals surface area contributed by atoms with Crippen LogP contribution in [0.5, 0.6) is 0 Å². The second-order valence-electron chi connectivity index (χ2n) is 5.29. The Bertz CT molecular complexity index is 745. The summed E-state index contributed by atoms with van der Waals surface area (Å²) in [5, 5.41) is 18.8. The fraction of sp³-hybridized carbons (Fsp3) is 0.583. The van der Waals surface area contributed by atoms with Gasteiger partial charge in [0.2, 0.25) is 5.95 Å². The Balaban J connectivity index is 2.10. The summed E-state index contributed by atoms with van der Waals surface area (Å²) in [7, 11) is 3.39. The predicted octanol–water partition coefficient (Wildman–Crippen LogP) is -1.23. The number of aromatic amines is 1. The number of aliphatic hydroxyl groups is 2. The standard InChI is InChI=1S/C12H16FN5O4/c1-17(2)12-15-9-7(10(21)16-12)14-4-18(9)11-6(13)8(20)5(3-19)22-11/h4-6,8,11,19-20H,3H2,1-2H3,(H,15,16,21)/t5-,6+,8?,11-/m1/s1. The number of aromatic nitrogens is 4. The van der Waals surface area contributed by atoms with E-state index in [-0.39, 0.29) is 17.1 Å². The van der Waals surface area contributed by atoms with E-state index in [4.69, 9.17) is 9.84 Å². The molecule has 2 aromatic heterocycles. The number of hydrogen-bond donors (Lipinski definition) is 3. The highest BCUT2D eigenvalue weighted by atomic mass is 19.1. The molecule has 0 bridgehead atoms. The normalized spacial score (nSPS) is 28.4. The zero-order valence-electron chi connectivity index (χ0n) is 12.0. The van der Waals surface area contributed by atoms with Crippen LogP contribution in [0.3, 0.4) is 0 Å². The van der Waals surface area contributed by atoms with Gasteiger partial charge in [-0.1, -0.05) is 0 Å². The summed E-state index contributed by atoms with van der Waals surface area (Å²) in [4.78, 5) is 24.3. The van der Waals surface area contributed by atoms with E-state index in [1.165, 1.54) is 10.9 Å². The maximum Gasteiger partial charge on any atom is 0.280 e. The summed E-state index contributed by atoms with van der Waals surface area (Å²) in [6, 6.07) is 0. The predicted molar refractivity (Wildman–Crippen MR) is 74.4 cm³/mol. The number of ether oxygens (including phenoxy) is 1. The Morgan fingerprint density at radius 1 is 1.55 bits per heavy atom. The van der Waals surface area contributed by atoms with Crippen LogP contribution in [0.4, 0.5) is 10.3 Å². The van der Waals surface area contributed by atoms with Gasteiger partial charge in [-0.05, 0) is 0 Å². The molecule has 2 aromatic rings. The van der Waals surface area contributed by atoms with E-state index in [9.17, 15) is 14.3 Å². The number of rotatable bonds is 3. The number of imidazole rings is 1. The van der Waals surface area contributed by atoms with Crippen LogP contribution in [0.15, 0.2) is 11.1 Å². The van der Waals surface area contributed by atoms with E-state index in [0.29, 0.717) is 0 Å². The molecule has 4 atom stereocenters. The molecule has 0 radical (unpaired) electrons. The van der Waals surface area contributed by atoms with Crippen molar-refractivity contribution in [2.75, 3.05) is 25.6 Å². The Labute approximate surface area is 124 Å². The van der Waals surface area contributed by atoms with Gasteiger partial charge in [-0.25, -0.2) is 9.37 Å². The monoisotopic (exact) mass is 313 g/mol. The average molecular weight is 313 g/mol. The Hall–Kier alpha value is -2.04. The molecule has 3 N–H and O–H groups in total. The van der Waals surface area contributed by atoms with Crippen molar-refractivity contribution in [2.24, 2.45) is 0 Å². The minimum Gasteiger partial charge on any atom is -0.394 e. The van der Waals surface area contributed by atoms with Crippen LogP contribution in [-0.4, -0.2) is 68.8 Å². The van der Waals surface area contributed by atoms with Crippen molar-refractivity contribution in [2.45, 2.75) is 24.6 Å². The maximum absolute atomic E-state index is 14.2. The molecular weight excluding hydrogens is 297 g/mol. The molecule has 0 spiro atoms. The Morgan fingerprint density at radius 2 is 2.27 bits per heavy atom. The van der Waals surface area contributed by atoms with E-state index in [1.54, 1.807) is 19.0 Å². The summed E-state index contributed by atoms with van der Waals surface area (Å²) in [5.74, 6) is 0.284. The van der Waals surface area contributed by atoms with E-state index in [1.807, 2.05) is 0 Å². The molecule has 1 aliphatic heterocycles. The van der Waals surface area contributed by atoms with Gasteiger partial charge in [-0.3, -0.25) is 14.3 Å². The lowest BCUT2D eigenvalue weighted by molar-refractivity contribution is -0.0459. The molecule has 120 valence electrons. The number of nitrogens with zero attached hydrogens (tertiary/aromatic N) is 4. The summed E-state index contributed by atoms with van der Waals surface area (Å²) in [5.41, 5.74) is -0.269. The zero-order valence-corrected chi connectivity index (χ0v) is 12.0. The molecule has 1 fully saturated rings. The highest BCUT2D eigenvalue weighted by Crippen LogP contribution is 2.33. The molecule has 3 rings (SSSR count). The lowest BCUT2D eigenvalue weighted by atomic mass is 10.1. The van der Waals surface area contributed by atoms with E-state index >= 15 is 0 Å². The van der Waals surface area contributed by atoms with E-state index < -0.39 is 36.8 Å². The van der Waals surface area contributed by atoms with Crippen LogP contribution in [0, 0.1) is 0 Å². The first kappa shape index (κ1) is 14.9. The number of nitrogens with one attached hydrogen (secondary N) is 1. The lowest BCUT2D eigenvalue weighted by Crippen LogP contribution is -2.30. The fourth-order valence-corrected chi connectivity index (χ4v) is 2.39. The van der Waals surface area contributed by atoms with Crippen molar-refractivity contribution in [1.29, 1.82) is 0 Å². The second kappa shape index (κ2) is 5.30. The molecule has 3 heterocycles. The van der Waals surface area contributed by atoms with Crippen LogP contribution >= 0.6 is 0 Å². The van der Waals surface area contributed by atoms with Gasteiger partial charge in [-0.15, -0.1) is 0 Å². The van der Waals surface area contributed by atoms with Crippen molar-refractivity contribution in [1.82, 2.24) is 19.5 Å². The van der Waals surface area contributed by atoms with Gasteiger partial charge >= 0.3 is 0 Å². The second-order valence-corrected chi connectivity index (χ2v) is 5.29. The molecule has 1 aliphatic rings. The van der Waals surface area contributed by atoms with Gasteiger partial charge in [-0.2, -0.15) is 4.98 Å². The van der Waals surface area contributed by atoms with E-state index in [0.717, 1.165) is 0 Å². The number of halogens is 1. The summed E-state index contributed by atoms with van der Waals surface area (Å²) >= 11 is 0. The highest BCUT2D eigenvalue weighted by Gasteiger charge is 2.45. The third-order valence-electron chi connectivity index (χ3n) is 3.59. The summed E-state index contributed by atoms with van der Waals surface area (Å²) in [6.45, 7) is -0.512. The van der Waals surface area contributed by atoms with Gasteiger partial charge in [0.15, 0.2) is 23.6 Å². The molecule has 0 aliphatic carbocycles. The number of aliphatic hydroxyl groups excluding tert-OH is 2. The minimum absolute atomic E-state index is 0.0448. The third-order valence-corrected chi connectivity index (χ3v) is 3.59. The molecule has 1 unspecified atom stereocenters. The van der Waals surface area contributed by atoms with Crippen LogP contribution in [0.25, 0.3) is 11.2 Å². The number of fused-ring (bicyclic) bond motifs is 1. The first-order valence-electron chi connectivity index (χ1n) is 6.66. The first-order chi connectivity index (χ1) is 10.4. The van der Waals surface area contributed by atoms with Crippen LogP contribution in [0.1, 0.15) is 6.23 Å². The van der Waals surface area contributed by atoms with Gasteiger partial charge < -0.3 is 19.8 Å². The SMILES string of the molecule is CN(C)c1nc2c(ncn2[C@@H]2O[C@H](CO)C(O)[C@@H]2F)c(=O)[nH]1. The maximum atomic E-state index is 14.2. The summed E-state index contributed by atoms with van der Waals surface area (Å²) < 4.78 is 20.8. The van der Waals surface area contributed by atoms with Crippen molar-refractivity contribution in [3.8, 4) is 0 Å². The zero-order chi connectivity index (χ0) is 16.0. The van der Waals surface area contributed by atoms with Crippen molar-refractivity contribution in [3.05, 3.63) is 16.7 Å². The largest absolute Gasteiger partial charge is 0.394 e. The summed E-state index contributed by atoms with van der Waals surface area (Å²) in [6.07, 6.45) is -4.23. The molecular formula is C12H16FN5O4. The molecule has 10 heteroatoms. The molecule has 0 saturated carbocycles. The number of H-pyrrole nitrogens is 1. The van der Waals surface area contributed by atoms with Gasteiger partial charge in [0.25, 0.3) is 5.56 Å². The molecule has 1 saturated heterocycles. The Morgan fingerprint density at radius 3 is 2.86 bits per heavy atom. The smallest absolute Gasteiger partial charge is 0.280 e. The molecule has 0 amide bonds. The minimum atomic E-state index is -1.77. The van der Waals surface area contributed by atoms with Crippen LogP contribution < -0.4 is 10.5 Å². The first-order valence-corrected chi connectivity index (χ1v) is 6.66. The van der Waals surface area contributed by atoms with Crippen LogP contribution in [-0.2, 0) is 4.74 Å². The number of hydrogen-bond acceptors (Lipinski definition) is 7. The quantitative estimate of drug-likeness (QED) is 0.650. The average Bonchev–Trinajstić information content (AvgIpc) is 3.02. The van der Waals surface area contributed by atoms with Crippen molar-refractivity contribution >= 4 is 17.1 Å². The van der Waals surface area contributed by atoms with Gasteiger partial charge in [0, 0.05) is 14.1 Å². The lowest BCUT2D eigenvalue weighted by Gasteiger charge is -2.16. The van der Waals surface area contributed by atoms with Gasteiger partial charge in [0.1, 0.15) is 12.2 Å². The molecule has 0 aromatic carbocycles. The van der Waals surface area contributed by atoms with E-state index in [2.05, 4.69) is 15.0 Å². The topological polar surface area (TPSA) is 116 Å². The Kier molecular flexibility index (Phi) is 3.59. The highest BCUT2D eigenvalue weighted by molar-refractivity contribution is 5.71. The third kappa shape index (κ3) is 2.16. The molecule has 22 heavy (non-hydrogen) atoms. The van der Waals surface area contributed by atoms with Crippen molar-refractivity contribution in [3.63, 3.8) is 0 Å². The molecule has 9 nitrogen and oxygen atoms in total. The number of alkyl halides is 1. The fourth-order valence-electron chi connectivity index (χ4n) is 2.39. The van der Waals surface area contributed by atoms with Crippen LogP contribution in [0.2, 0.25) is 0 Å². The van der Waals surface area contributed by atoms with Gasteiger partial charge in [0.05, 0.1) is 12.9 Å².